The monoisotopic (exact) mass is 239 g/mol. The average Bonchev–Trinajstić information content (AvgIpc) is 2.70. The van der Waals surface area contributed by atoms with E-state index >= 15 is 0 Å². The van der Waals surface area contributed by atoms with Gasteiger partial charge in [0.2, 0.25) is 0 Å². The van der Waals surface area contributed by atoms with Crippen molar-refractivity contribution in [3.05, 3.63) is 18.2 Å². The Kier molecular flexibility index (Phi) is 4.25. The van der Waals surface area contributed by atoms with Gasteiger partial charge in [-0.1, -0.05) is 0 Å². The van der Waals surface area contributed by atoms with Crippen molar-refractivity contribution in [1.29, 1.82) is 0 Å². The van der Waals surface area contributed by atoms with Crippen LogP contribution in [0.25, 0.3) is 0 Å². The van der Waals surface area contributed by atoms with Gasteiger partial charge in [-0.2, -0.15) is 0 Å². The molecule has 0 radical (unpaired) electrons. The van der Waals surface area contributed by atoms with Crippen molar-refractivity contribution in [2.45, 2.75) is 19.9 Å². The van der Waals surface area contributed by atoms with Crippen LogP contribution in [-0.4, -0.2) is 46.0 Å². The van der Waals surface area contributed by atoms with E-state index in [4.69, 9.17) is 0 Å². The fourth-order valence-corrected chi connectivity index (χ4v) is 1.40. The summed E-state index contributed by atoms with van der Waals surface area (Å²) in [6.45, 7) is 3.63. The van der Waals surface area contributed by atoms with Crippen LogP contribution in [0, 0.1) is 0 Å². The molecule has 6 nitrogen and oxygen atoms in total. The molecule has 0 unspecified atom stereocenters. The molecule has 0 saturated heterocycles. The van der Waals surface area contributed by atoms with E-state index < -0.39 is 5.97 Å². The van der Waals surface area contributed by atoms with Crippen molar-refractivity contribution >= 4 is 11.9 Å². The number of rotatable bonds is 4. The Morgan fingerprint density at radius 3 is 2.59 bits per heavy atom. The Hall–Kier alpha value is -1.85. The minimum atomic E-state index is -0.436. The van der Waals surface area contributed by atoms with Crippen LogP contribution in [0.1, 0.15) is 24.3 Å². The molecule has 1 aromatic heterocycles. The SMILES string of the molecule is COC(=O)CN(C(=O)c1cncn1C)C(C)C. The highest BCUT2D eigenvalue weighted by molar-refractivity contribution is 5.94. The van der Waals surface area contributed by atoms with Gasteiger partial charge in [-0.15, -0.1) is 0 Å². The number of esters is 1. The van der Waals surface area contributed by atoms with E-state index in [-0.39, 0.29) is 18.5 Å². The molecular weight excluding hydrogens is 222 g/mol. The number of ether oxygens (including phenoxy) is 1. The molecule has 0 aromatic carbocycles. The number of hydrogen-bond donors (Lipinski definition) is 0. The summed E-state index contributed by atoms with van der Waals surface area (Å²) < 4.78 is 6.19. The minimum Gasteiger partial charge on any atom is -0.468 e. The van der Waals surface area contributed by atoms with Crippen LogP contribution in [0.15, 0.2) is 12.5 Å². The Balaban J connectivity index is 2.89. The van der Waals surface area contributed by atoms with Gasteiger partial charge in [-0.05, 0) is 13.8 Å². The smallest absolute Gasteiger partial charge is 0.325 e. The second kappa shape index (κ2) is 5.47. The normalized spacial score (nSPS) is 10.4. The van der Waals surface area contributed by atoms with Crippen LogP contribution >= 0.6 is 0 Å². The zero-order valence-electron chi connectivity index (χ0n) is 10.5. The number of methoxy groups -OCH3 is 1. The summed E-state index contributed by atoms with van der Waals surface area (Å²) in [4.78, 5) is 28.8. The summed E-state index contributed by atoms with van der Waals surface area (Å²) in [5.74, 6) is -0.667. The molecule has 0 aliphatic rings. The van der Waals surface area contributed by atoms with E-state index in [1.165, 1.54) is 18.2 Å². The van der Waals surface area contributed by atoms with Crippen molar-refractivity contribution in [3.63, 3.8) is 0 Å². The number of nitrogens with zero attached hydrogens (tertiary/aromatic N) is 3. The van der Waals surface area contributed by atoms with Crippen molar-refractivity contribution in [3.8, 4) is 0 Å². The van der Waals surface area contributed by atoms with E-state index in [9.17, 15) is 9.59 Å². The molecule has 0 aliphatic heterocycles. The molecule has 0 saturated carbocycles. The largest absolute Gasteiger partial charge is 0.468 e. The molecule has 0 aliphatic carbocycles. The average molecular weight is 239 g/mol. The van der Waals surface area contributed by atoms with E-state index in [0.29, 0.717) is 5.69 Å². The van der Waals surface area contributed by atoms with Crippen LogP contribution in [0.3, 0.4) is 0 Å². The molecule has 17 heavy (non-hydrogen) atoms. The fourth-order valence-electron chi connectivity index (χ4n) is 1.40. The van der Waals surface area contributed by atoms with Crippen LogP contribution in [0.4, 0.5) is 0 Å². The van der Waals surface area contributed by atoms with Gasteiger partial charge in [0.15, 0.2) is 0 Å². The van der Waals surface area contributed by atoms with Crippen molar-refractivity contribution in [1.82, 2.24) is 14.5 Å². The maximum Gasteiger partial charge on any atom is 0.325 e. The number of aryl methyl sites for hydroxylation is 1. The second-order valence-electron chi connectivity index (χ2n) is 3.99. The topological polar surface area (TPSA) is 64.4 Å². The van der Waals surface area contributed by atoms with Gasteiger partial charge in [0, 0.05) is 13.1 Å². The van der Waals surface area contributed by atoms with Crippen LogP contribution < -0.4 is 0 Å². The lowest BCUT2D eigenvalue weighted by Crippen LogP contribution is -2.41. The van der Waals surface area contributed by atoms with E-state index in [0.717, 1.165) is 0 Å². The molecule has 1 amide bonds. The highest BCUT2D eigenvalue weighted by Gasteiger charge is 2.23. The van der Waals surface area contributed by atoms with Crippen LogP contribution in [0.5, 0.6) is 0 Å². The lowest BCUT2D eigenvalue weighted by atomic mass is 10.2. The first-order valence-electron chi connectivity index (χ1n) is 5.31. The highest BCUT2D eigenvalue weighted by Crippen LogP contribution is 2.07. The molecule has 0 fully saturated rings. The Morgan fingerprint density at radius 2 is 2.18 bits per heavy atom. The van der Waals surface area contributed by atoms with Gasteiger partial charge in [0.1, 0.15) is 12.2 Å². The molecule has 0 N–H and O–H groups in total. The maximum atomic E-state index is 12.2. The third kappa shape index (κ3) is 3.05. The van der Waals surface area contributed by atoms with Gasteiger partial charge >= 0.3 is 5.97 Å². The Morgan fingerprint density at radius 1 is 1.53 bits per heavy atom. The number of carbonyl (C=O) groups excluding carboxylic acids is 2. The molecule has 0 atom stereocenters. The summed E-state index contributed by atoms with van der Waals surface area (Å²) in [6.07, 6.45) is 3.03. The molecule has 0 bridgehead atoms. The third-order valence-electron chi connectivity index (χ3n) is 2.45. The quantitative estimate of drug-likeness (QED) is 0.715. The predicted octanol–water partition coefficient (Wildman–Crippen LogP) is 0.444. The standard InChI is InChI=1S/C11H17N3O3/c1-8(2)14(6-10(15)17-4)11(16)9-5-12-7-13(9)3/h5,7-8H,6H2,1-4H3. The first kappa shape index (κ1) is 13.2. The van der Waals surface area contributed by atoms with Gasteiger partial charge in [-0.25, -0.2) is 4.98 Å². The number of aromatic nitrogens is 2. The van der Waals surface area contributed by atoms with Gasteiger partial charge < -0.3 is 14.2 Å². The maximum absolute atomic E-state index is 12.2. The van der Waals surface area contributed by atoms with Crippen LogP contribution in [0.2, 0.25) is 0 Å². The number of amides is 1. The number of imidazole rings is 1. The summed E-state index contributed by atoms with van der Waals surface area (Å²) in [5.41, 5.74) is 0.447. The van der Waals surface area contributed by atoms with Gasteiger partial charge in [0.25, 0.3) is 5.91 Å². The third-order valence-corrected chi connectivity index (χ3v) is 2.45. The predicted molar refractivity (Wildman–Crippen MR) is 61.4 cm³/mol. The lowest BCUT2D eigenvalue weighted by molar-refractivity contribution is -0.141. The first-order chi connectivity index (χ1) is 7.97. The summed E-state index contributed by atoms with van der Waals surface area (Å²) >= 11 is 0. The second-order valence-corrected chi connectivity index (χ2v) is 3.99. The molecule has 94 valence electrons. The Labute approximate surface area is 100 Å². The summed E-state index contributed by atoms with van der Waals surface area (Å²) in [5, 5.41) is 0. The number of hydrogen-bond acceptors (Lipinski definition) is 4. The summed E-state index contributed by atoms with van der Waals surface area (Å²) in [7, 11) is 3.03. The molecule has 6 heteroatoms. The first-order valence-corrected chi connectivity index (χ1v) is 5.31. The van der Waals surface area contributed by atoms with Crippen molar-refractivity contribution < 1.29 is 14.3 Å². The van der Waals surface area contributed by atoms with Gasteiger partial charge in [-0.3, -0.25) is 9.59 Å². The Bertz CT molecular complexity index is 412. The lowest BCUT2D eigenvalue weighted by Gasteiger charge is -2.25. The highest BCUT2D eigenvalue weighted by atomic mass is 16.5. The molecule has 1 rings (SSSR count). The van der Waals surface area contributed by atoms with E-state index in [1.807, 2.05) is 13.8 Å². The van der Waals surface area contributed by atoms with Crippen molar-refractivity contribution in [2.24, 2.45) is 7.05 Å². The molecule has 0 spiro atoms. The summed E-state index contributed by atoms with van der Waals surface area (Å²) in [6, 6.07) is -0.0866. The number of carbonyl (C=O) groups is 2. The molecule has 1 heterocycles. The van der Waals surface area contributed by atoms with E-state index in [2.05, 4.69) is 9.72 Å². The van der Waals surface area contributed by atoms with Crippen LogP contribution in [-0.2, 0) is 16.6 Å². The van der Waals surface area contributed by atoms with Crippen molar-refractivity contribution in [2.75, 3.05) is 13.7 Å². The van der Waals surface area contributed by atoms with E-state index in [1.54, 1.807) is 17.9 Å². The van der Waals surface area contributed by atoms with Gasteiger partial charge in [0.05, 0.1) is 19.6 Å². The zero-order valence-corrected chi connectivity index (χ0v) is 10.5. The molecule has 1 aromatic rings. The minimum absolute atomic E-state index is 0.0574. The molecular formula is C11H17N3O3. The zero-order chi connectivity index (χ0) is 13.0. The fraction of sp³-hybridized carbons (Fsp3) is 0.545.